The number of hydrogen-bond acceptors (Lipinski definition) is 5. The monoisotopic (exact) mass is 251 g/mol. The van der Waals surface area contributed by atoms with Crippen molar-refractivity contribution in [3.8, 4) is 0 Å². The first kappa shape index (κ1) is 11.8. The smallest absolute Gasteiger partial charge is 0.262 e. The predicted octanol–water partition coefficient (Wildman–Crippen LogP) is 0.133. The van der Waals surface area contributed by atoms with Crippen molar-refractivity contribution in [1.29, 1.82) is 0 Å². The highest BCUT2D eigenvalue weighted by atomic mass is 32.1. The summed E-state index contributed by atoms with van der Waals surface area (Å²) < 4.78 is 1.14. The Kier molecular flexibility index (Phi) is 2.74. The number of carbonyl (C=O) groups excluding carboxylic acids is 1. The van der Waals surface area contributed by atoms with E-state index in [2.05, 4.69) is 4.98 Å². The zero-order chi connectivity index (χ0) is 12.7. The van der Waals surface area contributed by atoms with Crippen LogP contribution in [0.2, 0.25) is 0 Å². The molecule has 6 heteroatoms. The minimum absolute atomic E-state index is 0.307. The molecule has 2 aromatic rings. The van der Waals surface area contributed by atoms with Crippen LogP contribution >= 0.6 is 11.3 Å². The Balaban J connectivity index is 2.83. The quantitative estimate of drug-likeness (QED) is 0.760. The van der Waals surface area contributed by atoms with Crippen LogP contribution in [-0.2, 0) is 11.3 Å². The average molecular weight is 251 g/mol. The lowest BCUT2D eigenvalue weighted by molar-refractivity contribution is -0.306. The summed E-state index contributed by atoms with van der Waals surface area (Å²) in [6.07, 6.45) is 0. The van der Waals surface area contributed by atoms with Crippen LogP contribution in [0.25, 0.3) is 10.2 Å². The number of carboxylic acids is 1. The van der Waals surface area contributed by atoms with E-state index < -0.39 is 12.5 Å². The summed E-state index contributed by atoms with van der Waals surface area (Å²) in [4.78, 5) is 28.7. The number of aromatic nitrogens is 2. The first-order valence-electron chi connectivity index (χ1n) is 5.08. The second-order valence-electron chi connectivity index (χ2n) is 3.89. The van der Waals surface area contributed by atoms with E-state index >= 15 is 0 Å². The summed E-state index contributed by atoms with van der Waals surface area (Å²) in [5, 5.41) is 11.1. The molecular weight excluding hydrogens is 240 g/mol. The van der Waals surface area contributed by atoms with Crippen molar-refractivity contribution in [2.75, 3.05) is 0 Å². The molecule has 0 aliphatic heterocycles. The Morgan fingerprint density at radius 1 is 1.41 bits per heavy atom. The number of thiophene rings is 1. The molecular formula is C11H11N2O3S-. The fourth-order valence-electron chi connectivity index (χ4n) is 1.74. The molecule has 0 unspecified atom stereocenters. The minimum Gasteiger partial charge on any atom is -0.548 e. The van der Waals surface area contributed by atoms with Gasteiger partial charge in [0.2, 0.25) is 0 Å². The summed E-state index contributed by atoms with van der Waals surface area (Å²) in [6.45, 7) is 4.92. The van der Waals surface area contributed by atoms with E-state index in [9.17, 15) is 14.7 Å². The van der Waals surface area contributed by atoms with Gasteiger partial charge in [0.1, 0.15) is 10.7 Å². The molecule has 0 saturated carbocycles. The number of aryl methyl sites for hydroxylation is 3. The summed E-state index contributed by atoms with van der Waals surface area (Å²) in [5.74, 6) is -0.895. The van der Waals surface area contributed by atoms with Crippen LogP contribution < -0.4 is 10.7 Å². The number of aliphatic carboxylic acids is 1. The zero-order valence-electron chi connectivity index (χ0n) is 9.73. The van der Waals surface area contributed by atoms with Crippen LogP contribution in [0.1, 0.15) is 16.3 Å². The molecule has 0 spiro atoms. The maximum Gasteiger partial charge on any atom is 0.262 e. The molecule has 0 aliphatic rings. The number of rotatable bonds is 2. The van der Waals surface area contributed by atoms with Crippen molar-refractivity contribution in [3.05, 3.63) is 26.6 Å². The lowest BCUT2D eigenvalue weighted by atomic mass is 10.2. The van der Waals surface area contributed by atoms with Crippen molar-refractivity contribution in [2.45, 2.75) is 27.3 Å². The minimum atomic E-state index is -1.29. The molecule has 0 amide bonds. The van der Waals surface area contributed by atoms with Crippen LogP contribution in [0.15, 0.2) is 4.79 Å². The second-order valence-corrected chi connectivity index (χ2v) is 5.09. The Labute approximate surface area is 101 Å². The van der Waals surface area contributed by atoms with Gasteiger partial charge in [-0.05, 0) is 26.3 Å². The topological polar surface area (TPSA) is 75.0 Å². The van der Waals surface area contributed by atoms with Gasteiger partial charge in [-0.2, -0.15) is 0 Å². The largest absolute Gasteiger partial charge is 0.548 e. The van der Waals surface area contributed by atoms with E-state index in [1.807, 2.05) is 13.8 Å². The van der Waals surface area contributed by atoms with E-state index in [0.717, 1.165) is 15.0 Å². The number of carboxylic acid groups (broad SMARTS) is 1. The van der Waals surface area contributed by atoms with Crippen LogP contribution in [0.5, 0.6) is 0 Å². The Morgan fingerprint density at radius 3 is 2.65 bits per heavy atom. The van der Waals surface area contributed by atoms with E-state index in [1.165, 1.54) is 11.3 Å². The van der Waals surface area contributed by atoms with Crippen molar-refractivity contribution in [3.63, 3.8) is 0 Å². The third-order valence-corrected chi connectivity index (χ3v) is 3.87. The van der Waals surface area contributed by atoms with Crippen molar-refractivity contribution in [1.82, 2.24) is 9.55 Å². The lowest BCUT2D eigenvalue weighted by Crippen LogP contribution is -2.34. The molecule has 2 heterocycles. The zero-order valence-corrected chi connectivity index (χ0v) is 10.6. The number of nitrogens with zero attached hydrogens (tertiary/aromatic N) is 2. The lowest BCUT2D eigenvalue weighted by Gasteiger charge is -2.09. The van der Waals surface area contributed by atoms with Crippen molar-refractivity contribution < 1.29 is 9.90 Å². The van der Waals surface area contributed by atoms with E-state index in [4.69, 9.17) is 0 Å². The first-order valence-corrected chi connectivity index (χ1v) is 5.90. The fraction of sp³-hybridized carbons (Fsp3) is 0.364. The average Bonchev–Trinajstić information content (AvgIpc) is 2.49. The third-order valence-electron chi connectivity index (χ3n) is 2.77. The molecule has 0 fully saturated rings. The van der Waals surface area contributed by atoms with Gasteiger partial charge < -0.3 is 9.90 Å². The summed E-state index contributed by atoms with van der Waals surface area (Å²) in [5.41, 5.74) is 0.563. The fourth-order valence-corrected chi connectivity index (χ4v) is 2.81. The molecule has 0 saturated heterocycles. The SMILES string of the molecule is Cc1sc2nc(C)n(CC(=O)[O-])c(=O)c2c1C. The maximum atomic E-state index is 12.2. The van der Waals surface area contributed by atoms with Gasteiger partial charge in [0.05, 0.1) is 17.9 Å². The molecule has 17 heavy (non-hydrogen) atoms. The summed E-state index contributed by atoms with van der Waals surface area (Å²) >= 11 is 1.45. The molecule has 0 N–H and O–H groups in total. The van der Waals surface area contributed by atoms with Gasteiger partial charge in [-0.1, -0.05) is 0 Å². The normalized spacial score (nSPS) is 11.0. The molecule has 0 atom stereocenters. The third kappa shape index (κ3) is 1.84. The maximum absolute atomic E-state index is 12.2. The number of hydrogen-bond donors (Lipinski definition) is 0. The van der Waals surface area contributed by atoms with E-state index in [-0.39, 0.29) is 5.56 Å². The Bertz CT molecular complexity index is 669. The van der Waals surface area contributed by atoms with Crippen LogP contribution in [0, 0.1) is 20.8 Å². The van der Waals surface area contributed by atoms with Gasteiger partial charge in [-0.15, -0.1) is 11.3 Å². The first-order chi connectivity index (χ1) is 7.91. The number of fused-ring (bicyclic) bond motifs is 1. The van der Waals surface area contributed by atoms with Gasteiger partial charge >= 0.3 is 0 Å². The van der Waals surface area contributed by atoms with Crippen molar-refractivity contribution in [2.24, 2.45) is 0 Å². The van der Waals surface area contributed by atoms with Gasteiger partial charge in [0.25, 0.3) is 5.56 Å². The van der Waals surface area contributed by atoms with Gasteiger partial charge in [-0.25, -0.2) is 4.98 Å². The Hall–Kier alpha value is -1.69. The summed E-state index contributed by atoms with van der Waals surface area (Å²) in [6, 6.07) is 0. The highest BCUT2D eigenvalue weighted by molar-refractivity contribution is 7.18. The predicted molar refractivity (Wildman–Crippen MR) is 63.1 cm³/mol. The molecule has 2 rings (SSSR count). The highest BCUT2D eigenvalue weighted by Gasteiger charge is 2.14. The van der Waals surface area contributed by atoms with Crippen LogP contribution in [0.3, 0.4) is 0 Å². The number of carbonyl (C=O) groups is 1. The highest BCUT2D eigenvalue weighted by Crippen LogP contribution is 2.25. The molecule has 0 aliphatic carbocycles. The Morgan fingerprint density at radius 2 is 2.06 bits per heavy atom. The molecule has 2 aromatic heterocycles. The molecule has 5 nitrogen and oxygen atoms in total. The second kappa shape index (κ2) is 3.96. The van der Waals surface area contributed by atoms with Gasteiger partial charge in [0.15, 0.2) is 0 Å². The molecule has 0 aromatic carbocycles. The summed E-state index contributed by atoms with van der Waals surface area (Å²) in [7, 11) is 0. The standard InChI is InChI=1S/C11H12N2O3S/c1-5-6(2)17-10-9(5)11(16)13(4-8(14)15)7(3)12-10/h4H2,1-3H3,(H,14,15)/p-1. The van der Waals surface area contributed by atoms with E-state index in [1.54, 1.807) is 6.92 Å². The van der Waals surface area contributed by atoms with E-state index in [0.29, 0.717) is 16.0 Å². The van der Waals surface area contributed by atoms with Crippen molar-refractivity contribution >= 4 is 27.5 Å². The molecule has 0 bridgehead atoms. The van der Waals surface area contributed by atoms with Gasteiger partial charge in [-0.3, -0.25) is 9.36 Å². The molecule has 90 valence electrons. The van der Waals surface area contributed by atoms with Crippen LogP contribution in [-0.4, -0.2) is 15.5 Å². The van der Waals surface area contributed by atoms with Gasteiger partial charge in [0, 0.05) is 4.88 Å². The molecule has 0 radical (unpaired) electrons. The van der Waals surface area contributed by atoms with Crippen LogP contribution in [0.4, 0.5) is 0 Å².